The van der Waals surface area contributed by atoms with Gasteiger partial charge in [-0.2, -0.15) is 0 Å². The average Bonchev–Trinajstić information content (AvgIpc) is 2.98. The predicted molar refractivity (Wildman–Crippen MR) is 167 cm³/mol. The van der Waals surface area contributed by atoms with Crippen LogP contribution in [-0.2, 0) is 0 Å². The molecule has 5 nitrogen and oxygen atoms in total. The molecule has 3 aliphatic rings. The molecule has 1 aliphatic carbocycles. The Morgan fingerprint density at radius 3 is 1.32 bits per heavy atom. The Morgan fingerprint density at radius 2 is 1.00 bits per heavy atom. The van der Waals surface area contributed by atoms with E-state index < -0.39 is 0 Å². The van der Waals surface area contributed by atoms with Crippen LogP contribution < -0.4 is 20.1 Å². The van der Waals surface area contributed by atoms with E-state index in [1.807, 2.05) is 0 Å². The van der Waals surface area contributed by atoms with Gasteiger partial charge in [0.15, 0.2) is 0 Å². The van der Waals surface area contributed by atoms with Gasteiger partial charge in [-0.3, -0.25) is 0 Å². The molecule has 2 atom stereocenters. The molecule has 1 saturated carbocycles. The summed E-state index contributed by atoms with van der Waals surface area (Å²) in [5.41, 5.74) is 7.35. The minimum Gasteiger partial charge on any atom is -0.493 e. The highest BCUT2D eigenvalue weighted by Gasteiger charge is 2.18. The molecule has 0 spiro atoms. The Bertz CT molecular complexity index is 929. The number of aryl methyl sites for hydroxylation is 4. The van der Waals surface area contributed by atoms with Crippen LogP contribution >= 0.6 is 0 Å². The van der Waals surface area contributed by atoms with Gasteiger partial charge in [0.1, 0.15) is 11.5 Å². The van der Waals surface area contributed by atoms with Crippen LogP contribution in [0.4, 0.5) is 0 Å². The third-order valence-corrected chi connectivity index (χ3v) is 8.96. The summed E-state index contributed by atoms with van der Waals surface area (Å²) in [5.74, 6) is 3.97. The van der Waals surface area contributed by atoms with Crippen LogP contribution in [0.25, 0.3) is 11.1 Å². The standard InChI is InChI=1S/C28H40N2O2.C7H14O/c1-19-11-25(12-20(2)27(19)31-17-23-7-5-9-29-15-23)26-13-21(3)28(22(4)14-26)32-18-24-8-6-10-30-16-24;8-6-7-4-2-1-3-5-7/h11-14,23-24,29-30H,5-10,15-18H2,1-4H3;7-8H,1-6H2. The maximum Gasteiger partial charge on any atom is 0.125 e. The van der Waals surface area contributed by atoms with E-state index in [0.717, 1.165) is 50.9 Å². The van der Waals surface area contributed by atoms with E-state index in [9.17, 15) is 0 Å². The lowest BCUT2D eigenvalue weighted by Crippen LogP contribution is -2.33. The smallest absolute Gasteiger partial charge is 0.125 e. The average molecular weight is 551 g/mol. The fourth-order valence-electron chi connectivity index (χ4n) is 6.59. The van der Waals surface area contributed by atoms with E-state index in [0.29, 0.717) is 24.4 Å². The number of benzene rings is 2. The van der Waals surface area contributed by atoms with Crippen molar-refractivity contribution in [2.24, 2.45) is 17.8 Å². The minimum atomic E-state index is 0.417. The second-order valence-corrected chi connectivity index (χ2v) is 12.6. The Hall–Kier alpha value is -2.08. The molecular weight excluding hydrogens is 496 g/mol. The largest absolute Gasteiger partial charge is 0.493 e. The van der Waals surface area contributed by atoms with Crippen LogP contribution in [0.5, 0.6) is 11.5 Å². The topological polar surface area (TPSA) is 62.8 Å². The van der Waals surface area contributed by atoms with Gasteiger partial charge in [-0.05, 0) is 143 Å². The number of aliphatic hydroxyl groups excluding tert-OH is 1. The molecule has 0 amide bonds. The molecule has 222 valence electrons. The maximum atomic E-state index is 8.69. The molecule has 2 heterocycles. The van der Waals surface area contributed by atoms with Gasteiger partial charge in [0.05, 0.1) is 13.2 Å². The number of piperidine rings is 2. The minimum absolute atomic E-state index is 0.417. The fraction of sp³-hybridized carbons (Fsp3) is 0.657. The summed E-state index contributed by atoms with van der Waals surface area (Å²) in [4.78, 5) is 0. The van der Waals surface area contributed by atoms with E-state index in [4.69, 9.17) is 14.6 Å². The van der Waals surface area contributed by atoms with Crippen molar-refractivity contribution in [1.29, 1.82) is 0 Å². The molecule has 5 rings (SSSR count). The first kappa shape index (κ1) is 30.9. The van der Waals surface area contributed by atoms with Crippen molar-refractivity contribution >= 4 is 0 Å². The molecule has 5 heteroatoms. The van der Waals surface area contributed by atoms with Gasteiger partial charge in [-0.1, -0.05) is 19.3 Å². The molecule has 2 aliphatic heterocycles. The van der Waals surface area contributed by atoms with Crippen LogP contribution in [-0.4, -0.2) is 51.1 Å². The second kappa shape index (κ2) is 15.8. The van der Waals surface area contributed by atoms with Crippen LogP contribution in [0.3, 0.4) is 0 Å². The molecule has 40 heavy (non-hydrogen) atoms. The number of aliphatic hydroxyl groups is 1. The van der Waals surface area contributed by atoms with Gasteiger partial charge in [-0.25, -0.2) is 0 Å². The first-order chi connectivity index (χ1) is 19.4. The second-order valence-electron chi connectivity index (χ2n) is 12.6. The van der Waals surface area contributed by atoms with Gasteiger partial charge in [0.2, 0.25) is 0 Å². The van der Waals surface area contributed by atoms with Crippen LogP contribution in [0, 0.1) is 45.4 Å². The lowest BCUT2D eigenvalue weighted by molar-refractivity contribution is 0.190. The predicted octanol–water partition coefficient (Wildman–Crippen LogP) is 6.90. The molecule has 0 radical (unpaired) electrons. The van der Waals surface area contributed by atoms with E-state index >= 15 is 0 Å². The number of hydrogen-bond acceptors (Lipinski definition) is 5. The Balaban J connectivity index is 0.000000398. The van der Waals surface area contributed by atoms with Gasteiger partial charge in [0.25, 0.3) is 0 Å². The summed E-state index contributed by atoms with van der Waals surface area (Å²) >= 11 is 0. The number of rotatable bonds is 8. The molecule has 3 N–H and O–H groups in total. The van der Waals surface area contributed by atoms with Crippen molar-refractivity contribution in [3.8, 4) is 22.6 Å². The summed E-state index contributed by atoms with van der Waals surface area (Å²) in [6.45, 7) is 15.1. The monoisotopic (exact) mass is 550 g/mol. The van der Waals surface area contributed by atoms with E-state index in [2.05, 4.69) is 62.6 Å². The van der Waals surface area contributed by atoms with Crippen LogP contribution in [0.2, 0.25) is 0 Å². The van der Waals surface area contributed by atoms with E-state index in [-0.39, 0.29) is 0 Å². The summed E-state index contributed by atoms with van der Waals surface area (Å²) in [6.07, 6.45) is 11.6. The fourth-order valence-corrected chi connectivity index (χ4v) is 6.59. The van der Waals surface area contributed by atoms with Gasteiger partial charge in [0, 0.05) is 31.5 Å². The van der Waals surface area contributed by atoms with Gasteiger partial charge >= 0.3 is 0 Å². The normalized spacial score (nSPS) is 21.8. The first-order valence-corrected chi connectivity index (χ1v) is 15.9. The van der Waals surface area contributed by atoms with Crippen molar-refractivity contribution in [3.05, 3.63) is 46.5 Å². The highest BCUT2D eigenvalue weighted by atomic mass is 16.5. The van der Waals surface area contributed by atoms with Crippen LogP contribution in [0.15, 0.2) is 24.3 Å². The molecule has 3 fully saturated rings. The van der Waals surface area contributed by atoms with Crippen molar-refractivity contribution in [2.75, 3.05) is 46.0 Å². The first-order valence-electron chi connectivity index (χ1n) is 15.9. The van der Waals surface area contributed by atoms with Gasteiger partial charge < -0.3 is 25.2 Å². The summed E-state index contributed by atoms with van der Waals surface area (Å²) in [7, 11) is 0. The third-order valence-electron chi connectivity index (χ3n) is 8.96. The summed E-state index contributed by atoms with van der Waals surface area (Å²) in [6, 6.07) is 9.07. The van der Waals surface area contributed by atoms with E-state index in [1.165, 1.54) is 91.2 Å². The zero-order valence-corrected chi connectivity index (χ0v) is 25.6. The highest BCUT2D eigenvalue weighted by molar-refractivity contribution is 5.70. The zero-order chi connectivity index (χ0) is 28.3. The van der Waals surface area contributed by atoms with Crippen molar-refractivity contribution in [2.45, 2.75) is 85.5 Å². The molecule has 2 unspecified atom stereocenters. The molecular formula is C35H54N2O3. The summed E-state index contributed by atoms with van der Waals surface area (Å²) < 4.78 is 12.6. The summed E-state index contributed by atoms with van der Waals surface area (Å²) in [5, 5.41) is 15.7. The number of hydrogen-bond donors (Lipinski definition) is 3. The van der Waals surface area contributed by atoms with E-state index in [1.54, 1.807) is 0 Å². The lowest BCUT2D eigenvalue weighted by atomic mass is 9.90. The third kappa shape index (κ3) is 8.96. The zero-order valence-electron chi connectivity index (χ0n) is 25.6. The highest BCUT2D eigenvalue weighted by Crippen LogP contribution is 2.35. The number of ether oxygens (including phenoxy) is 2. The van der Waals surface area contributed by atoms with Crippen molar-refractivity contribution in [1.82, 2.24) is 10.6 Å². The number of nitrogens with one attached hydrogen (secondary N) is 2. The van der Waals surface area contributed by atoms with Crippen molar-refractivity contribution in [3.63, 3.8) is 0 Å². The van der Waals surface area contributed by atoms with Crippen molar-refractivity contribution < 1.29 is 14.6 Å². The molecule has 2 aromatic carbocycles. The molecule has 0 aromatic heterocycles. The Morgan fingerprint density at radius 1 is 0.600 bits per heavy atom. The SMILES string of the molecule is Cc1cc(-c2cc(C)c(OCC3CCCNC3)c(C)c2)cc(C)c1OCC1CCCNC1.OCC1CCCCC1. The Labute approximate surface area is 243 Å². The van der Waals surface area contributed by atoms with Crippen LogP contribution in [0.1, 0.15) is 80.0 Å². The molecule has 2 aromatic rings. The van der Waals surface area contributed by atoms with Gasteiger partial charge in [-0.15, -0.1) is 0 Å². The maximum absolute atomic E-state index is 8.69. The lowest BCUT2D eigenvalue weighted by Gasteiger charge is -2.24. The Kier molecular flexibility index (Phi) is 12.2. The quantitative estimate of drug-likeness (QED) is 0.334. The molecule has 0 bridgehead atoms. The molecule has 2 saturated heterocycles.